The van der Waals surface area contributed by atoms with Crippen molar-refractivity contribution in [3.05, 3.63) is 69.3 Å². The fraction of sp³-hybridized carbons (Fsp3) is 0.167. The van der Waals surface area contributed by atoms with Gasteiger partial charge >= 0.3 is 0 Å². The quantitative estimate of drug-likeness (QED) is 0.650. The van der Waals surface area contributed by atoms with Crippen LogP contribution in [-0.4, -0.2) is 22.8 Å². The molecule has 0 spiro atoms. The Hall–Kier alpha value is -2.21. The van der Waals surface area contributed by atoms with Gasteiger partial charge in [0.15, 0.2) is 0 Å². The summed E-state index contributed by atoms with van der Waals surface area (Å²) in [6.07, 6.45) is 1.43. The zero-order chi connectivity index (χ0) is 16.8. The van der Waals surface area contributed by atoms with E-state index in [9.17, 15) is 13.6 Å². The van der Waals surface area contributed by atoms with Crippen LogP contribution in [0.3, 0.4) is 0 Å². The lowest BCUT2D eigenvalue weighted by molar-refractivity contribution is -0.120. The molecular weight excluding hydrogens is 378 g/mol. The molecule has 0 radical (unpaired) electrons. The van der Waals surface area contributed by atoms with Crippen molar-refractivity contribution in [2.24, 2.45) is 0 Å². The number of aromatic amines is 1. The highest BCUT2D eigenvalue weighted by Crippen LogP contribution is 2.38. The Bertz CT molecular complexity index is 933. The molecule has 1 unspecified atom stereocenters. The molecule has 1 aliphatic rings. The number of amides is 1. The number of nitrogens with zero attached hydrogens (tertiary/aromatic N) is 1. The van der Waals surface area contributed by atoms with Gasteiger partial charge in [-0.25, -0.2) is 8.78 Å². The monoisotopic (exact) mass is 390 g/mol. The summed E-state index contributed by atoms with van der Waals surface area (Å²) in [5.74, 6) is -1.30. The van der Waals surface area contributed by atoms with E-state index in [1.807, 2.05) is 18.2 Å². The largest absolute Gasteiger partial charge is 0.356 e. The van der Waals surface area contributed by atoms with Crippen LogP contribution < -0.4 is 0 Å². The van der Waals surface area contributed by atoms with E-state index in [4.69, 9.17) is 0 Å². The Morgan fingerprint density at radius 1 is 1.17 bits per heavy atom. The van der Waals surface area contributed by atoms with Gasteiger partial charge in [-0.2, -0.15) is 0 Å². The van der Waals surface area contributed by atoms with Crippen LogP contribution in [0.2, 0.25) is 0 Å². The number of carbonyl (C=O) groups excluding carboxylic acids is 1. The second-order valence-corrected chi connectivity index (χ2v) is 6.82. The van der Waals surface area contributed by atoms with Crippen molar-refractivity contribution in [1.82, 2.24) is 9.88 Å². The lowest BCUT2D eigenvalue weighted by Crippen LogP contribution is -2.35. The van der Waals surface area contributed by atoms with Gasteiger partial charge in [0.1, 0.15) is 11.6 Å². The summed E-state index contributed by atoms with van der Waals surface area (Å²) >= 11 is 3.47. The molecule has 1 atom stereocenters. The molecule has 0 aliphatic carbocycles. The Kier molecular flexibility index (Phi) is 3.64. The van der Waals surface area contributed by atoms with Crippen LogP contribution in [0.15, 0.2) is 40.9 Å². The molecule has 1 aromatic heterocycles. The van der Waals surface area contributed by atoms with Crippen LogP contribution in [0.4, 0.5) is 8.78 Å². The molecule has 1 aliphatic heterocycles. The van der Waals surface area contributed by atoms with Crippen molar-refractivity contribution in [3.63, 3.8) is 0 Å². The van der Waals surface area contributed by atoms with E-state index in [2.05, 4.69) is 20.9 Å². The number of aromatic nitrogens is 1. The number of rotatable bonds is 2. The number of halogens is 3. The minimum atomic E-state index is -0.651. The zero-order valence-electron chi connectivity index (χ0n) is 12.5. The fourth-order valence-corrected chi connectivity index (χ4v) is 3.85. The Labute approximate surface area is 145 Å². The maximum atomic E-state index is 13.7. The minimum Gasteiger partial charge on any atom is -0.356 e. The topological polar surface area (TPSA) is 36.1 Å². The van der Waals surface area contributed by atoms with Crippen LogP contribution in [0.1, 0.15) is 22.9 Å². The molecule has 0 saturated heterocycles. The Morgan fingerprint density at radius 2 is 1.92 bits per heavy atom. The molecule has 122 valence electrons. The van der Waals surface area contributed by atoms with Gasteiger partial charge in [-0.1, -0.05) is 15.9 Å². The summed E-state index contributed by atoms with van der Waals surface area (Å²) in [4.78, 5) is 16.4. The van der Waals surface area contributed by atoms with Crippen LogP contribution in [0, 0.1) is 11.6 Å². The number of nitrogens with one attached hydrogen (secondary N) is 1. The molecule has 1 amide bonds. The SMILES string of the molecule is O=CN1CCc2c([nH]c3ccc(Br)cc23)C1c1cc(F)cc(F)c1. The molecule has 0 bridgehead atoms. The normalized spacial score (nSPS) is 17.1. The van der Waals surface area contributed by atoms with Gasteiger partial charge in [0, 0.05) is 33.7 Å². The molecule has 6 heteroatoms. The third-order valence-electron chi connectivity index (χ3n) is 4.46. The van der Waals surface area contributed by atoms with Crippen molar-refractivity contribution < 1.29 is 13.6 Å². The summed E-state index contributed by atoms with van der Waals surface area (Å²) in [6, 6.07) is 8.76. The molecule has 2 heterocycles. The lowest BCUT2D eigenvalue weighted by Gasteiger charge is -2.33. The van der Waals surface area contributed by atoms with E-state index < -0.39 is 17.7 Å². The Balaban J connectivity index is 1.95. The number of H-pyrrole nitrogens is 1. The zero-order valence-corrected chi connectivity index (χ0v) is 14.1. The standard InChI is InChI=1S/C18H13BrF2N2O/c19-11-1-2-16-15(7-11)14-3-4-23(9-24)18(17(14)22-16)10-5-12(20)8-13(21)6-10/h1-2,5-9,18,22H,3-4H2. The molecule has 3 aromatic rings. The van der Waals surface area contributed by atoms with Gasteiger partial charge in [0.2, 0.25) is 6.41 Å². The van der Waals surface area contributed by atoms with Gasteiger partial charge < -0.3 is 9.88 Å². The summed E-state index contributed by atoms with van der Waals surface area (Å²) in [5, 5.41) is 1.06. The van der Waals surface area contributed by atoms with E-state index in [1.165, 1.54) is 12.1 Å². The molecule has 2 aromatic carbocycles. The van der Waals surface area contributed by atoms with Crippen molar-refractivity contribution in [2.75, 3.05) is 6.54 Å². The maximum Gasteiger partial charge on any atom is 0.210 e. The first-order valence-corrected chi connectivity index (χ1v) is 8.33. The third-order valence-corrected chi connectivity index (χ3v) is 4.96. The number of fused-ring (bicyclic) bond motifs is 3. The molecule has 3 nitrogen and oxygen atoms in total. The van der Waals surface area contributed by atoms with Crippen LogP contribution in [-0.2, 0) is 11.2 Å². The average Bonchev–Trinajstić information content (AvgIpc) is 2.90. The fourth-order valence-electron chi connectivity index (χ4n) is 3.48. The Morgan fingerprint density at radius 3 is 2.62 bits per heavy atom. The minimum absolute atomic E-state index is 0.422. The molecule has 24 heavy (non-hydrogen) atoms. The van der Waals surface area contributed by atoms with E-state index in [0.717, 1.165) is 39.1 Å². The third kappa shape index (κ3) is 2.41. The summed E-state index contributed by atoms with van der Waals surface area (Å²) in [5.41, 5.74) is 3.26. The highest BCUT2D eigenvalue weighted by Gasteiger charge is 2.31. The molecule has 4 rings (SSSR count). The van der Waals surface area contributed by atoms with Crippen LogP contribution in [0.25, 0.3) is 10.9 Å². The van der Waals surface area contributed by atoms with Gasteiger partial charge in [0.25, 0.3) is 0 Å². The van der Waals surface area contributed by atoms with Gasteiger partial charge in [-0.3, -0.25) is 4.79 Å². The van der Waals surface area contributed by atoms with Gasteiger partial charge in [0.05, 0.1) is 6.04 Å². The molecular formula is C18H13BrF2N2O. The van der Waals surface area contributed by atoms with Crippen molar-refractivity contribution in [3.8, 4) is 0 Å². The van der Waals surface area contributed by atoms with E-state index in [1.54, 1.807) is 4.90 Å². The highest BCUT2D eigenvalue weighted by molar-refractivity contribution is 9.10. The summed E-state index contributed by atoms with van der Waals surface area (Å²) in [7, 11) is 0. The number of hydrogen-bond acceptors (Lipinski definition) is 1. The van der Waals surface area contributed by atoms with E-state index in [-0.39, 0.29) is 0 Å². The van der Waals surface area contributed by atoms with Crippen molar-refractivity contribution in [2.45, 2.75) is 12.5 Å². The van der Waals surface area contributed by atoms with E-state index >= 15 is 0 Å². The van der Waals surface area contributed by atoms with Crippen LogP contribution in [0.5, 0.6) is 0 Å². The first-order valence-electron chi connectivity index (χ1n) is 7.54. The number of benzene rings is 2. The second-order valence-electron chi connectivity index (χ2n) is 5.91. The van der Waals surface area contributed by atoms with Crippen molar-refractivity contribution >= 4 is 33.2 Å². The van der Waals surface area contributed by atoms with Gasteiger partial charge in [-0.15, -0.1) is 0 Å². The highest BCUT2D eigenvalue weighted by atomic mass is 79.9. The summed E-state index contributed by atoms with van der Waals surface area (Å²) < 4.78 is 28.3. The number of carbonyl (C=O) groups is 1. The van der Waals surface area contributed by atoms with Gasteiger partial charge in [-0.05, 0) is 47.9 Å². The second kappa shape index (κ2) is 5.70. The number of hydrogen-bond donors (Lipinski definition) is 1. The first kappa shape index (κ1) is 15.3. The molecule has 0 fully saturated rings. The average molecular weight is 391 g/mol. The molecule has 0 saturated carbocycles. The predicted molar refractivity (Wildman–Crippen MR) is 90.7 cm³/mol. The first-order chi connectivity index (χ1) is 11.6. The summed E-state index contributed by atoms with van der Waals surface area (Å²) in [6.45, 7) is 0.499. The maximum absolute atomic E-state index is 13.7. The molecule has 1 N–H and O–H groups in total. The van der Waals surface area contributed by atoms with Crippen LogP contribution >= 0.6 is 15.9 Å². The van der Waals surface area contributed by atoms with E-state index in [0.29, 0.717) is 18.5 Å². The van der Waals surface area contributed by atoms with Crippen molar-refractivity contribution in [1.29, 1.82) is 0 Å². The lowest BCUT2D eigenvalue weighted by atomic mass is 9.93. The predicted octanol–water partition coefficient (Wildman–Crippen LogP) is 4.31. The smallest absolute Gasteiger partial charge is 0.210 e.